The highest BCUT2D eigenvalue weighted by molar-refractivity contribution is 7.14. The second kappa shape index (κ2) is 9.72. The van der Waals surface area contributed by atoms with Crippen LogP contribution in [0.1, 0.15) is 17.7 Å². The number of amides is 2. The maximum atomic E-state index is 12.2. The number of pyridine rings is 1. The lowest BCUT2D eigenvalue weighted by Crippen LogP contribution is -2.29. The Balaban J connectivity index is 1.30. The first kappa shape index (κ1) is 21.0. The van der Waals surface area contributed by atoms with E-state index in [0.29, 0.717) is 41.6 Å². The summed E-state index contributed by atoms with van der Waals surface area (Å²) in [6.07, 6.45) is 4.53. The van der Waals surface area contributed by atoms with Gasteiger partial charge in [-0.2, -0.15) is 10.4 Å². The number of urea groups is 1. The molecule has 9 nitrogen and oxygen atoms in total. The highest BCUT2D eigenvalue weighted by Crippen LogP contribution is 2.24. The highest BCUT2D eigenvalue weighted by atomic mass is 32.1. The van der Waals surface area contributed by atoms with Gasteiger partial charge in [0.05, 0.1) is 17.1 Å². The van der Waals surface area contributed by atoms with Crippen molar-refractivity contribution in [3.63, 3.8) is 0 Å². The zero-order valence-electron chi connectivity index (χ0n) is 17.0. The molecule has 4 rings (SSSR count). The fourth-order valence-electron chi connectivity index (χ4n) is 3.12. The molecule has 0 atom stereocenters. The fourth-order valence-corrected chi connectivity index (χ4v) is 3.83. The molecule has 0 radical (unpaired) electrons. The minimum Gasteiger partial charge on any atom is -0.382 e. The maximum Gasteiger partial charge on any atom is 0.321 e. The van der Waals surface area contributed by atoms with E-state index in [2.05, 4.69) is 31.8 Å². The zero-order valence-corrected chi connectivity index (χ0v) is 17.8. The van der Waals surface area contributed by atoms with Crippen molar-refractivity contribution in [3.05, 3.63) is 71.5 Å². The van der Waals surface area contributed by atoms with E-state index in [1.165, 1.54) is 11.3 Å². The van der Waals surface area contributed by atoms with E-state index in [1.54, 1.807) is 17.1 Å². The molecule has 0 unspecified atom stereocenters. The number of para-hydroxylation sites is 1. The minimum absolute atomic E-state index is 0.313. The van der Waals surface area contributed by atoms with E-state index in [9.17, 15) is 10.1 Å². The highest BCUT2D eigenvalue weighted by Gasteiger charge is 2.16. The van der Waals surface area contributed by atoms with E-state index in [4.69, 9.17) is 5.73 Å². The Hall–Kier alpha value is -4.23. The summed E-state index contributed by atoms with van der Waals surface area (Å²) in [5, 5.41) is 21.9. The van der Waals surface area contributed by atoms with Gasteiger partial charge < -0.3 is 11.1 Å². The first-order valence-electron chi connectivity index (χ1n) is 9.89. The van der Waals surface area contributed by atoms with Crippen molar-refractivity contribution in [2.75, 3.05) is 17.6 Å². The van der Waals surface area contributed by atoms with E-state index in [-0.39, 0.29) is 6.03 Å². The monoisotopic (exact) mass is 444 g/mol. The largest absolute Gasteiger partial charge is 0.382 e. The molecular formula is C22H20N8OS. The molecule has 2 amide bonds. The van der Waals surface area contributed by atoms with Crippen LogP contribution in [-0.2, 0) is 6.42 Å². The number of carbonyl (C=O) groups excluding carboxylic acids is 1. The van der Waals surface area contributed by atoms with Crippen LogP contribution in [0.3, 0.4) is 0 Å². The van der Waals surface area contributed by atoms with Gasteiger partial charge in [-0.15, -0.1) is 11.3 Å². The predicted octanol–water partition coefficient (Wildman–Crippen LogP) is 3.60. The van der Waals surface area contributed by atoms with Gasteiger partial charge in [0.1, 0.15) is 17.5 Å². The lowest BCUT2D eigenvalue weighted by atomic mass is 10.1. The Morgan fingerprint density at radius 2 is 2.06 bits per heavy atom. The average molecular weight is 445 g/mol. The molecule has 3 heterocycles. The van der Waals surface area contributed by atoms with Gasteiger partial charge >= 0.3 is 6.03 Å². The van der Waals surface area contributed by atoms with Crippen LogP contribution in [0.5, 0.6) is 0 Å². The number of anilines is 2. The minimum atomic E-state index is -0.341. The van der Waals surface area contributed by atoms with Gasteiger partial charge in [0.2, 0.25) is 0 Å². The molecule has 0 bridgehead atoms. The maximum absolute atomic E-state index is 12.2. The standard InChI is InChI=1S/C22H20N8OS/c23-12-17-18(29-30(20(17)24)16-7-2-1-3-8-16)9-5-11-26-21(31)28-22-27-19(14-32-22)15-6-4-10-25-13-15/h1-4,6-8,10,13-14H,5,9,11,24H2,(H2,26,27,28,31). The molecule has 0 aliphatic heterocycles. The van der Waals surface area contributed by atoms with E-state index in [0.717, 1.165) is 16.9 Å². The number of nitriles is 1. The molecule has 160 valence electrons. The quantitative estimate of drug-likeness (QED) is 0.373. The Morgan fingerprint density at radius 3 is 2.81 bits per heavy atom. The van der Waals surface area contributed by atoms with Crippen LogP contribution >= 0.6 is 11.3 Å². The lowest BCUT2D eigenvalue weighted by molar-refractivity contribution is 0.252. The van der Waals surface area contributed by atoms with Crippen LogP contribution < -0.4 is 16.4 Å². The number of nitrogens with two attached hydrogens (primary N) is 1. The predicted molar refractivity (Wildman–Crippen MR) is 123 cm³/mol. The summed E-state index contributed by atoms with van der Waals surface area (Å²) in [6.45, 7) is 0.412. The van der Waals surface area contributed by atoms with Crippen molar-refractivity contribution in [2.24, 2.45) is 0 Å². The summed E-state index contributed by atoms with van der Waals surface area (Å²) >= 11 is 1.34. The molecule has 1 aromatic carbocycles. The number of carbonyl (C=O) groups is 1. The number of nitrogens with one attached hydrogen (secondary N) is 2. The molecule has 0 fully saturated rings. The Kier molecular flexibility index (Phi) is 6.38. The van der Waals surface area contributed by atoms with Gasteiger partial charge in [-0.05, 0) is 37.1 Å². The molecule has 3 aromatic heterocycles. The van der Waals surface area contributed by atoms with Crippen LogP contribution in [0.4, 0.5) is 15.7 Å². The van der Waals surface area contributed by atoms with Crippen LogP contribution in [0.25, 0.3) is 16.9 Å². The molecular weight excluding hydrogens is 424 g/mol. The third-order valence-electron chi connectivity index (χ3n) is 4.66. The van der Waals surface area contributed by atoms with Crippen LogP contribution in [0, 0.1) is 11.3 Å². The second-order valence-electron chi connectivity index (χ2n) is 6.83. The van der Waals surface area contributed by atoms with Gasteiger partial charge in [0.15, 0.2) is 5.13 Å². The number of benzene rings is 1. The summed E-state index contributed by atoms with van der Waals surface area (Å²) in [7, 11) is 0. The number of thiazole rings is 1. The normalized spacial score (nSPS) is 10.5. The molecule has 0 saturated carbocycles. The smallest absolute Gasteiger partial charge is 0.321 e. The average Bonchev–Trinajstić information content (AvgIpc) is 3.42. The molecule has 0 saturated heterocycles. The number of rotatable bonds is 7. The molecule has 32 heavy (non-hydrogen) atoms. The van der Waals surface area contributed by atoms with Crippen molar-refractivity contribution >= 4 is 28.3 Å². The number of hydrogen-bond acceptors (Lipinski definition) is 7. The fraction of sp³-hybridized carbons (Fsp3) is 0.136. The van der Waals surface area contributed by atoms with Gasteiger partial charge in [-0.1, -0.05) is 18.2 Å². The molecule has 0 aliphatic rings. The summed E-state index contributed by atoms with van der Waals surface area (Å²) in [6, 6.07) is 14.9. The third-order valence-corrected chi connectivity index (χ3v) is 5.42. The number of aryl methyl sites for hydroxylation is 1. The van der Waals surface area contributed by atoms with Gasteiger partial charge in [-0.3, -0.25) is 10.3 Å². The van der Waals surface area contributed by atoms with Crippen molar-refractivity contribution in [1.82, 2.24) is 25.1 Å². The Morgan fingerprint density at radius 1 is 1.22 bits per heavy atom. The van der Waals surface area contributed by atoms with Gasteiger partial charge in [0, 0.05) is 29.9 Å². The Bertz CT molecular complexity index is 1240. The topological polar surface area (TPSA) is 135 Å². The second-order valence-corrected chi connectivity index (χ2v) is 7.69. The lowest BCUT2D eigenvalue weighted by Gasteiger charge is -2.05. The number of nitrogens with zero attached hydrogens (tertiary/aromatic N) is 5. The van der Waals surface area contributed by atoms with Crippen molar-refractivity contribution in [3.8, 4) is 23.0 Å². The number of nitrogen functional groups attached to an aromatic ring is 1. The van der Waals surface area contributed by atoms with Crippen LogP contribution in [-0.4, -0.2) is 32.3 Å². The first-order chi connectivity index (χ1) is 15.7. The van der Waals surface area contributed by atoms with Crippen LogP contribution in [0.15, 0.2) is 60.2 Å². The molecule has 0 aliphatic carbocycles. The number of aromatic nitrogens is 4. The summed E-state index contributed by atoms with van der Waals surface area (Å²) in [5.41, 5.74) is 9.53. The molecule has 10 heteroatoms. The molecule has 4 N–H and O–H groups in total. The van der Waals surface area contributed by atoms with E-state index in [1.807, 2.05) is 47.8 Å². The summed E-state index contributed by atoms with van der Waals surface area (Å²) in [5.74, 6) is 0.313. The Labute approximate surface area is 188 Å². The number of hydrogen-bond donors (Lipinski definition) is 3. The first-order valence-corrected chi connectivity index (χ1v) is 10.8. The summed E-state index contributed by atoms with van der Waals surface area (Å²) in [4.78, 5) is 20.7. The van der Waals surface area contributed by atoms with Crippen LogP contribution in [0.2, 0.25) is 0 Å². The zero-order chi connectivity index (χ0) is 22.3. The SMILES string of the molecule is N#Cc1c(CCCNC(=O)Nc2nc(-c3cccnc3)cs2)nn(-c2ccccc2)c1N. The third kappa shape index (κ3) is 4.74. The van der Waals surface area contributed by atoms with E-state index >= 15 is 0 Å². The van der Waals surface area contributed by atoms with Gasteiger partial charge in [-0.25, -0.2) is 14.5 Å². The van der Waals surface area contributed by atoms with Gasteiger partial charge in [0.25, 0.3) is 0 Å². The van der Waals surface area contributed by atoms with E-state index < -0.39 is 0 Å². The molecule has 0 spiro atoms. The molecule has 4 aromatic rings. The van der Waals surface area contributed by atoms with Crippen molar-refractivity contribution in [1.29, 1.82) is 5.26 Å². The van der Waals surface area contributed by atoms with Crippen molar-refractivity contribution in [2.45, 2.75) is 12.8 Å². The summed E-state index contributed by atoms with van der Waals surface area (Å²) < 4.78 is 1.57. The van der Waals surface area contributed by atoms with Crippen molar-refractivity contribution < 1.29 is 4.79 Å².